The number of carbonyl (C=O) groups is 1. The molecule has 0 saturated carbocycles. The second kappa shape index (κ2) is 6.89. The average molecular weight is 295 g/mol. The van der Waals surface area contributed by atoms with E-state index in [4.69, 9.17) is 9.84 Å². The second-order valence-corrected chi connectivity index (χ2v) is 5.56. The van der Waals surface area contributed by atoms with E-state index in [1.807, 2.05) is 13.0 Å². The number of ether oxygens (including phenoxy) is 1. The summed E-state index contributed by atoms with van der Waals surface area (Å²) in [6.45, 7) is 2.86. The summed E-state index contributed by atoms with van der Waals surface area (Å²) in [5.74, 6) is -0.930. The number of aliphatic carboxylic acids is 1. The van der Waals surface area contributed by atoms with Gasteiger partial charge in [-0.2, -0.15) is 0 Å². The van der Waals surface area contributed by atoms with E-state index in [0.29, 0.717) is 0 Å². The van der Waals surface area contributed by atoms with E-state index in [1.54, 1.807) is 6.07 Å². The lowest BCUT2D eigenvalue weighted by Crippen LogP contribution is -2.42. The molecule has 1 N–H and O–H groups in total. The fourth-order valence-corrected chi connectivity index (χ4v) is 3.09. The van der Waals surface area contributed by atoms with Gasteiger partial charge in [0.05, 0.1) is 13.5 Å². The number of hydrogen-bond donors (Lipinski definition) is 1. The molecule has 1 aromatic rings. The van der Waals surface area contributed by atoms with Crippen LogP contribution in [-0.4, -0.2) is 35.7 Å². The molecule has 2 atom stereocenters. The van der Waals surface area contributed by atoms with Crippen molar-refractivity contribution in [2.24, 2.45) is 0 Å². The molecule has 0 bridgehead atoms. The molecule has 1 aliphatic heterocycles. The highest BCUT2D eigenvalue weighted by Crippen LogP contribution is 2.31. The molecule has 1 saturated heterocycles. The third kappa shape index (κ3) is 3.73. The molecule has 116 valence electrons. The van der Waals surface area contributed by atoms with Crippen molar-refractivity contribution in [1.29, 1.82) is 0 Å². The maximum atomic E-state index is 13.8. The Bertz CT molecular complexity index is 506. The lowest BCUT2D eigenvalue weighted by molar-refractivity contribution is -0.139. The molecule has 1 fully saturated rings. The van der Waals surface area contributed by atoms with Crippen LogP contribution in [0, 0.1) is 5.82 Å². The van der Waals surface area contributed by atoms with Crippen molar-refractivity contribution in [2.75, 3.05) is 13.7 Å². The monoisotopic (exact) mass is 295 g/mol. The molecular weight excluding hydrogens is 273 g/mol. The fraction of sp³-hybridized carbons (Fsp3) is 0.562. The Kier molecular flexibility index (Phi) is 5.17. The highest BCUT2D eigenvalue weighted by Gasteiger charge is 2.29. The van der Waals surface area contributed by atoms with Crippen molar-refractivity contribution in [1.82, 2.24) is 4.90 Å². The molecule has 0 spiro atoms. The Hall–Kier alpha value is -1.62. The number of nitrogens with zero attached hydrogens (tertiary/aromatic N) is 1. The van der Waals surface area contributed by atoms with Crippen molar-refractivity contribution < 1.29 is 19.0 Å². The predicted molar refractivity (Wildman–Crippen MR) is 78.0 cm³/mol. The van der Waals surface area contributed by atoms with Crippen molar-refractivity contribution in [3.63, 3.8) is 0 Å². The van der Waals surface area contributed by atoms with Gasteiger partial charge in [-0.05, 0) is 44.0 Å². The van der Waals surface area contributed by atoms with E-state index >= 15 is 0 Å². The van der Waals surface area contributed by atoms with E-state index in [0.717, 1.165) is 31.4 Å². The van der Waals surface area contributed by atoms with Crippen molar-refractivity contribution in [3.05, 3.63) is 29.6 Å². The summed E-state index contributed by atoms with van der Waals surface area (Å²) in [5.41, 5.74) is 0.852. The number of methoxy groups -OCH3 is 1. The maximum Gasteiger partial charge on any atom is 0.304 e. The van der Waals surface area contributed by atoms with Gasteiger partial charge < -0.3 is 9.84 Å². The molecule has 2 unspecified atom stereocenters. The van der Waals surface area contributed by atoms with Gasteiger partial charge in [0, 0.05) is 12.1 Å². The van der Waals surface area contributed by atoms with Crippen LogP contribution in [0.5, 0.6) is 5.75 Å². The highest BCUT2D eigenvalue weighted by molar-refractivity contribution is 5.67. The molecular formula is C16H22FNO3. The highest BCUT2D eigenvalue weighted by atomic mass is 19.1. The first-order chi connectivity index (χ1) is 10.0. The molecule has 1 aromatic carbocycles. The van der Waals surface area contributed by atoms with E-state index in [2.05, 4.69) is 4.90 Å². The molecule has 2 rings (SSSR count). The zero-order chi connectivity index (χ0) is 15.4. The van der Waals surface area contributed by atoms with Crippen LogP contribution in [0.4, 0.5) is 4.39 Å². The average Bonchev–Trinajstić information content (AvgIpc) is 2.46. The zero-order valence-electron chi connectivity index (χ0n) is 12.5. The minimum atomic E-state index is -0.778. The van der Waals surface area contributed by atoms with E-state index in [1.165, 1.54) is 13.2 Å². The lowest BCUT2D eigenvalue weighted by atomic mass is 9.95. The minimum Gasteiger partial charge on any atom is -0.494 e. The largest absolute Gasteiger partial charge is 0.494 e. The molecule has 21 heavy (non-hydrogen) atoms. The summed E-state index contributed by atoms with van der Waals surface area (Å²) < 4.78 is 18.8. The first kappa shape index (κ1) is 15.8. The van der Waals surface area contributed by atoms with Gasteiger partial charge >= 0.3 is 5.97 Å². The van der Waals surface area contributed by atoms with Crippen LogP contribution >= 0.6 is 0 Å². The molecule has 1 heterocycles. The normalized spacial score (nSPS) is 21.0. The van der Waals surface area contributed by atoms with Crippen LogP contribution in [0.1, 0.15) is 44.2 Å². The summed E-state index contributed by atoms with van der Waals surface area (Å²) in [6, 6.07) is 4.97. The maximum absolute atomic E-state index is 13.8. The number of halogens is 1. The van der Waals surface area contributed by atoms with Crippen molar-refractivity contribution >= 4 is 5.97 Å². The summed E-state index contributed by atoms with van der Waals surface area (Å²) in [5, 5.41) is 9.05. The number of rotatable bonds is 5. The minimum absolute atomic E-state index is 0.00458. The molecule has 0 radical (unpaired) electrons. The van der Waals surface area contributed by atoms with Gasteiger partial charge in [-0.25, -0.2) is 4.39 Å². The Morgan fingerprint density at radius 3 is 2.90 bits per heavy atom. The number of carboxylic acid groups (broad SMARTS) is 1. The van der Waals surface area contributed by atoms with Crippen LogP contribution in [-0.2, 0) is 4.79 Å². The lowest BCUT2D eigenvalue weighted by Gasteiger charge is -2.39. The third-order valence-corrected chi connectivity index (χ3v) is 4.24. The molecule has 0 amide bonds. The zero-order valence-corrected chi connectivity index (χ0v) is 12.5. The van der Waals surface area contributed by atoms with E-state index < -0.39 is 5.97 Å². The fourth-order valence-electron chi connectivity index (χ4n) is 3.09. The smallest absolute Gasteiger partial charge is 0.304 e. The van der Waals surface area contributed by atoms with Crippen LogP contribution in [0.3, 0.4) is 0 Å². The molecule has 0 aliphatic carbocycles. The topological polar surface area (TPSA) is 49.8 Å². The van der Waals surface area contributed by atoms with E-state index in [9.17, 15) is 9.18 Å². The second-order valence-electron chi connectivity index (χ2n) is 5.56. The number of piperidine rings is 1. The van der Waals surface area contributed by atoms with Crippen LogP contribution in [0.15, 0.2) is 18.2 Å². The van der Waals surface area contributed by atoms with Gasteiger partial charge in [0.2, 0.25) is 0 Å². The predicted octanol–water partition coefficient (Wildman–Crippen LogP) is 3.22. The van der Waals surface area contributed by atoms with Crippen LogP contribution in [0.2, 0.25) is 0 Å². The molecule has 1 aliphatic rings. The van der Waals surface area contributed by atoms with Gasteiger partial charge in [0.1, 0.15) is 0 Å². The van der Waals surface area contributed by atoms with Crippen LogP contribution in [0.25, 0.3) is 0 Å². The summed E-state index contributed by atoms with van der Waals surface area (Å²) in [6.07, 6.45) is 3.13. The first-order valence-corrected chi connectivity index (χ1v) is 7.34. The Labute approximate surface area is 124 Å². The number of hydrogen-bond acceptors (Lipinski definition) is 3. The van der Waals surface area contributed by atoms with Crippen LogP contribution < -0.4 is 4.74 Å². The SMILES string of the molecule is COc1ccc(C(C)N2CCCCC2CC(=O)O)cc1F. The number of likely N-dealkylation sites (tertiary alicyclic amines) is 1. The Morgan fingerprint density at radius 1 is 1.52 bits per heavy atom. The summed E-state index contributed by atoms with van der Waals surface area (Å²) in [7, 11) is 1.44. The summed E-state index contributed by atoms with van der Waals surface area (Å²) >= 11 is 0. The Morgan fingerprint density at radius 2 is 2.29 bits per heavy atom. The van der Waals surface area contributed by atoms with Gasteiger partial charge in [-0.15, -0.1) is 0 Å². The molecule has 0 aromatic heterocycles. The third-order valence-electron chi connectivity index (χ3n) is 4.24. The van der Waals surface area contributed by atoms with Gasteiger partial charge in [0.25, 0.3) is 0 Å². The van der Waals surface area contributed by atoms with Crippen molar-refractivity contribution in [2.45, 2.75) is 44.7 Å². The van der Waals surface area contributed by atoms with Crippen molar-refractivity contribution in [3.8, 4) is 5.75 Å². The van der Waals surface area contributed by atoms with Gasteiger partial charge in [-0.3, -0.25) is 9.69 Å². The summed E-state index contributed by atoms with van der Waals surface area (Å²) in [4.78, 5) is 13.2. The number of benzene rings is 1. The molecule has 5 heteroatoms. The standard InChI is InChI=1S/C16H22FNO3/c1-11(12-6-7-15(21-2)14(17)9-12)18-8-4-3-5-13(18)10-16(19)20/h6-7,9,11,13H,3-5,8,10H2,1-2H3,(H,19,20). The Balaban J connectivity index is 2.17. The first-order valence-electron chi connectivity index (χ1n) is 7.34. The quantitative estimate of drug-likeness (QED) is 0.906. The molecule has 4 nitrogen and oxygen atoms in total. The van der Waals surface area contributed by atoms with Gasteiger partial charge in [0.15, 0.2) is 11.6 Å². The number of carboxylic acids is 1. The van der Waals surface area contributed by atoms with Gasteiger partial charge in [-0.1, -0.05) is 12.5 Å². The van der Waals surface area contributed by atoms with E-state index in [-0.39, 0.29) is 30.1 Å².